The minimum absolute atomic E-state index is 0.174. The number of nitrogen functional groups attached to an aromatic ring is 1. The predicted molar refractivity (Wildman–Crippen MR) is 67.0 cm³/mol. The van der Waals surface area contributed by atoms with E-state index in [2.05, 4.69) is 5.32 Å². The third-order valence-corrected chi connectivity index (χ3v) is 4.24. The van der Waals surface area contributed by atoms with E-state index < -0.39 is 5.91 Å². The molecule has 0 bridgehead atoms. The highest BCUT2D eigenvalue weighted by Gasteiger charge is 2.23. The maximum absolute atomic E-state index is 11.6. The Morgan fingerprint density at radius 2 is 2.12 bits per heavy atom. The van der Waals surface area contributed by atoms with Crippen LogP contribution in [0.15, 0.2) is 4.21 Å². The summed E-state index contributed by atoms with van der Waals surface area (Å²) in [5, 5.41) is 2.50. The second-order valence-corrected chi connectivity index (χ2v) is 5.44. The number of primary amides is 1. The molecule has 0 spiro atoms. The van der Waals surface area contributed by atoms with Crippen molar-refractivity contribution in [2.75, 3.05) is 18.5 Å². The van der Waals surface area contributed by atoms with Crippen LogP contribution in [0.25, 0.3) is 0 Å². The van der Waals surface area contributed by atoms with Gasteiger partial charge in [0.1, 0.15) is 4.88 Å². The highest BCUT2D eigenvalue weighted by Crippen LogP contribution is 2.37. The van der Waals surface area contributed by atoms with Crippen molar-refractivity contribution in [3.8, 4) is 0 Å². The Morgan fingerprint density at radius 3 is 2.56 bits per heavy atom. The van der Waals surface area contributed by atoms with Crippen LogP contribution in [0.1, 0.15) is 27.0 Å². The van der Waals surface area contributed by atoms with Crippen molar-refractivity contribution in [3.63, 3.8) is 0 Å². The Balaban J connectivity index is 3.31. The van der Waals surface area contributed by atoms with Gasteiger partial charge in [-0.3, -0.25) is 9.59 Å². The molecule has 0 atom stereocenters. The number of hydrogen-bond donors (Lipinski definition) is 3. The SMILES string of the molecule is CCSc1sc(C(N)=O)c(N)c1C(=O)NC. The Labute approximate surface area is 102 Å². The Bertz CT molecular complexity index is 429. The number of thiophene rings is 1. The van der Waals surface area contributed by atoms with Crippen molar-refractivity contribution in [2.45, 2.75) is 11.1 Å². The molecule has 88 valence electrons. The fraction of sp³-hybridized carbons (Fsp3) is 0.333. The molecule has 1 rings (SSSR count). The van der Waals surface area contributed by atoms with Crippen LogP contribution in [-0.4, -0.2) is 24.6 Å². The molecule has 0 fully saturated rings. The average Bonchev–Trinajstić information content (AvgIpc) is 2.55. The number of nitrogens with one attached hydrogen (secondary N) is 1. The molecule has 1 aromatic heterocycles. The van der Waals surface area contributed by atoms with Crippen LogP contribution < -0.4 is 16.8 Å². The lowest BCUT2D eigenvalue weighted by atomic mass is 10.2. The fourth-order valence-corrected chi connectivity index (χ4v) is 3.43. The van der Waals surface area contributed by atoms with Crippen molar-refractivity contribution in [3.05, 3.63) is 10.4 Å². The summed E-state index contributed by atoms with van der Waals surface area (Å²) in [5.41, 5.74) is 11.5. The molecular formula is C9H13N3O2S2. The lowest BCUT2D eigenvalue weighted by Crippen LogP contribution is -2.20. The first-order valence-corrected chi connectivity index (χ1v) is 6.40. The normalized spacial score (nSPS) is 10.1. The molecular weight excluding hydrogens is 246 g/mol. The summed E-state index contributed by atoms with van der Waals surface area (Å²) in [5.74, 6) is -0.102. The predicted octanol–water partition coefficient (Wildman–Crippen LogP) is 0.901. The summed E-state index contributed by atoms with van der Waals surface area (Å²) in [4.78, 5) is 23.0. The van der Waals surface area contributed by atoms with E-state index in [4.69, 9.17) is 11.5 Å². The first-order chi connectivity index (χ1) is 7.52. The van der Waals surface area contributed by atoms with Crippen LogP contribution in [0.5, 0.6) is 0 Å². The van der Waals surface area contributed by atoms with E-state index in [1.807, 2.05) is 6.92 Å². The lowest BCUT2D eigenvalue weighted by molar-refractivity contribution is 0.0961. The van der Waals surface area contributed by atoms with E-state index in [9.17, 15) is 9.59 Å². The number of thioether (sulfide) groups is 1. The molecule has 2 amide bonds. The first-order valence-electron chi connectivity index (χ1n) is 4.59. The molecule has 1 aromatic rings. The first kappa shape index (κ1) is 12.9. The van der Waals surface area contributed by atoms with Crippen LogP contribution in [0, 0.1) is 0 Å². The number of nitrogens with two attached hydrogens (primary N) is 2. The van der Waals surface area contributed by atoms with Crippen molar-refractivity contribution >= 4 is 40.6 Å². The molecule has 5 N–H and O–H groups in total. The molecule has 0 saturated heterocycles. The zero-order valence-corrected chi connectivity index (χ0v) is 10.6. The van der Waals surface area contributed by atoms with Crippen LogP contribution in [-0.2, 0) is 0 Å². The van der Waals surface area contributed by atoms with Crippen LogP contribution in [0.4, 0.5) is 5.69 Å². The van der Waals surface area contributed by atoms with Crippen molar-refractivity contribution in [1.82, 2.24) is 5.32 Å². The van der Waals surface area contributed by atoms with Gasteiger partial charge in [-0.25, -0.2) is 0 Å². The Hall–Kier alpha value is -1.21. The fourth-order valence-electron chi connectivity index (χ4n) is 1.18. The van der Waals surface area contributed by atoms with Gasteiger partial charge in [-0.05, 0) is 5.75 Å². The van der Waals surface area contributed by atoms with Crippen molar-refractivity contribution < 1.29 is 9.59 Å². The van der Waals surface area contributed by atoms with E-state index in [0.717, 1.165) is 9.96 Å². The molecule has 0 saturated carbocycles. The van der Waals surface area contributed by atoms with E-state index in [0.29, 0.717) is 5.56 Å². The molecule has 5 nitrogen and oxygen atoms in total. The monoisotopic (exact) mass is 259 g/mol. The second-order valence-electron chi connectivity index (χ2n) is 2.88. The number of carbonyl (C=O) groups excluding carboxylic acids is 2. The molecule has 0 aliphatic rings. The van der Waals surface area contributed by atoms with E-state index >= 15 is 0 Å². The third kappa shape index (κ3) is 2.30. The summed E-state index contributed by atoms with van der Waals surface area (Å²) in [6.07, 6.45) is 0. The van der Waals surface area contributed by atoms with Crippen molar-refractivity contribution in [1.29, 1.82) is 0 Å². The van der Waals surface area contributed by atoms with Crippen LogP contribution >= 0.6 is 23.1 Å². The Morgan fingerprint density at radius 1 is 1.50 bits per heavy atom. The smallest absolute Gasteiger partial charge is 0.260 e. The third-order valence-electron chi connectivity index (χ3n) is 1.87. The maximum Gasteiger partial charge on any atom is 0.260 e. The lowest BCUT2D eigenvalue weighted by Gasteiger charge is -2.01. The number of anilines is 1. The highest BCUT2D eigenvalue weighted by molar-refractivity contribution is 8.01. The molecule has 0 aliphatic carbocycles. The van der Waals surface area contributed by atoms with Gasteiger partial charge in [0, 0.05) is 7.05 Å². The van der Waals surface area contributed by atoms with Gasteiger partial charge in [0.25, 0.3) is 11.8 Å². The largest absolute Gasteiger partial charge is 0.397 e. The molecule has 0 radical (unpaired) electrons. The van der Waals surface area contributed by atoms with Gasteiger partial charge in [-0.1, -0.05) is 6.92 Å². The Kier molecular flexibility index (Phi) is 4.19. The minimum Gasteiger partial charge on any atom is -0.397 e. The zero-order chi connectivity index (χ0) is 12.3. The van der Waals surface area contributed by atoms with Gasteiger partial charge in [-0.15, -0.1) is 23.1 Å². The molecule has 0 aliphatic heterocycles. The quantitative estimate of drug-likeness (QED) is 0.700. The van der Waals surface area contributed by atoms with Gasteiger partial charge < -0.3 is 16.8 Å². The van der Waals surface area contributed by atoms with E-state index in [-0.39, 0.29) is 16.5 Å². The van der Waals surface area contributed by atoms with Gasteiger partial charge in [0.05, 0.1) is 15.5 Å². The average molecular weight is 259 g/mol. The molecule has 0 aromatic carbocycles. The van der Waals surface area contributed by atoms with Gasteiger partial charge in [-0.2, -0.15) is 0 Å². The zero-order valence-electron chi connectivity index (χ0n) is 8.99. The second kappa shape index (κ2) is 5.22. The van der Waals surface area contributed by atoms with E-state index in [1.165, 1.54) is 30.1 Å². The number of carbonyl (C=O) groups is 2. The molecule has 16 heavy (non-hydrogen) atoms. The van der Waals surface area contributed by atoms with Gasteiger partial charge in [0.15, 0.2) is 0 Å². The number of rotatable bonds is 4. The molecule has 0 unspecified atom stereocenters. The summed E-state index contributed by atoms with van der Waals surface area (Å²) >= 11 is 2.63. The summed E-state index contributed by atoms with van der Waals surface area (Å²) < 4.78 is 0.730. The summed E-state index contributed by atoms with van der Waals surface area (Å²) in [6, 6.07) is 0. The standard InChI is InChI=1S/C9H13N3O2S2/c1-3-15-9-4(8(14)12-2)5(10)6(16-9)7(11)13/h3,10H2,1-2H3,(H2,11,13)(H,12,14). The highest BCUT2D eigenvalue weighted by atomic mass is 32.2. The summed E-state index contributed by atoms with van der Waals surface area (Å²) in [6.45, 7) is 1.96. The summed E-state index contributed by atoms with van der Waals surface area (Å²) in [7, 11) is 1.52. The van der Waals surface area contributed by atoms with E-state index in [1.54, 1.807) is 0 Å². The van der Waals surface area contributed by atoms with Crippen molar-refractivity contribution in [2.24, 2.45) is 5.73 Å². The molecule has 1 heterocycles. The topological polar surface area (TPSA) is 98.2 Å². The number of hydrogen-bond acceptors (Lipinski definition) is 5. The maximum atomic E-state index is 11.6. The van der Waals surface area contributed by atoms with Gasteiger partial charge >= 0.3 is 0 Å². The molecule has 7 heteroatoms. The number of amides is 2. The van der Waals surface area contributed by atoms with Gasteiger partial charge in [0.2, 0.25) is 0 Å². The minimum atomic E-state index is -0.601. The van der Waals surface area contributed by atoms with Crippen LogP contribution in [0.3, 0.4) is 0 Å². The van der Waals surface area contributed by atoms with Crippen LogP contribution in [0.2, 0.25) is 0 Å².